The number of nitrogens with zero attached hydrogens (tertiary/aromatic N) is 1. The fourth-order valence-electron chi connectivity index (χ4n) is 3.08. The van der Waals surface area contributed by atoms with Gasteiger partial charge in [0, 0.05) is 19.2 Å². The van der Waals surface area contributed by atoms with Crippen molar-refractivity contribution in [3.63, 3.8) is 0 Å². The van der Waals surface area contributed by atoms with E-state index in [4.69, 9.17) is 9.84 Å². The molecule has 6 heteroatoms. The molecule has 0 spiro atoms. The first-order chi connectivity index (χ1) is 9.65. The Morgan fingerprint density at radius 3 is 2.55 bits per heavy atom. The van der Waals surface area contributed by atoms with Gasteiger partial charge in [0.2, 0.25) is 5.91 Å². The summed E-state index contributed by atoms with van der Waals surface area (Å²) in [6, 6.07) is 0.440. The largest absolute Gasteiger partial charge is 0.480 e. The number of carbonyl (C=O) groups excluding carboxylic acids is 1. The Balaban J connectivity index is 1.84. The molecule has 114 valence electrons. The summed E-state index contributed by atoms with van der Waals surface area (Å²) in [5.41, 5.74) is 0. The van der Waals surface area contributed by atoms with E-state index in [0.29, 0.717) is 6.04 Å². The number of ether oxygens (including phenoxy) is 1. The molecule has 20 heavy (non-hydrogen) atoms. The summed E-state index contributed by atoms with van der Waals surface area (Å²) < 4.78 is 5.66. The molecule has 6 nitrogen and oxygen atoms in total. The van der Waals surface area contributed by atoms with Gasteiger partial charge in [0.05, 0.1) is 12.6 Å². The first kappa shape index (κ1) is 15.3. The highest BCUT2D eigenvalue weighted by atomic mass is 16.5. The lowest BCUT2D eigenvalue weighted by Gasteiger charge is -2.30. The molecule has 2 rings (SSSR count). The third-order valence-electron chi connectivity index (χ3n) is 4.09. The van der Waals surface area contributed by atoms with E-state index in [-0.39, 0.29) is 25.1 Å². The molecular weight excluding hydrogens is 260 g/mol. The zero-order chi connectivity index (χ0) is 14.4. The molecule has 1 heterocycles. The lowest BCUT2D eigenvalue weighted by Crippen LogP contribution is -2.46. The van der Waals surface area contributed by atoms with Gasteiger partial charge in [-0.2, -0.15) is 0 Å². The SMILES string of the molecule is O=C(O)CNC(=O)CN(CC1CCCO1)C1CCCC1. The van der Waals surface area contributed by atoms with Gasteiger partial charge >= 0.3 is 5.97 Å². The molecule has 1 aliphatic carbocycles. The van der Waals surface area contributed by atoms with Crippen molar-refractivity contribution in [2.24, 2.45) is 0 Å². The van der Waals surface area contributed by atoms with Gasteiger partial charge in [-0.15, -0.1) is 0 Å². The molecule has 1 atom stereocenters. The van der Waals surface area contributed by atoms with Crippen molar-refractivity contribution in [2.45, 2.75) is 50.7 Å². The predicted octanol–water partition coefficient (Wildman–Crippen LogP) is 0.611. The van der Waals surface area contributed by atoms with Crippen LogP contribution in [0.25, 0.3) is 0 Å². The van der Waals surface area contributed by atoms with E-state index in [2.05, 4.69) is 10.2 Å². The molecule has 1 unspecified atom stereocenters. The van der Waals surface area contributed by atoms with Crippen molar-refractivity contribution in [3.05, 3.63) is 0 Å². The molecule has 2 N–H and O–H groups in total. The summed E-state index contributed by atoms with van der Waals surface area (Å²) in [7, 11) is 0. The molecule has 1 amide bonds. The maximum Gasteiger partial charge on any atom is 0.322 e. The third kappa shape index (κ3) is 4.76. The second kappa shape index (κ2) is 7.59. The monoisotopic (exact) mass is 284 g/mol. The molecule has 1 aliphatic heterocycles. The van der Waals surface area contributed by atoms with E-state index in [1.807, 2.05) is 0 Å². The lowest BCUT2D eigenvalue weighted by molar-refractivity contribution is -0.138. The molecule has 0 aromatic rings. The van der Waals surface area contributed by atoms with E-state index in [1.165, 1.54) is 12.8 Å². The van der Waals surface area contributed by atoms with Crippen molar-refractivity contribution in [2.75, 3.05) is 26.2 Å². The van der Waals surface area contributed by atoms with Crippen molar-refractivity contribution >= 4 is 11.9 Å². The summed E-state index contributed by atoms with van der Waals surface area (Å²) in [6.07, 6.45) is 7.04. The number of carbonyl (C=O) groups is 2. The molecule has 2 fully saturated rings. The normalized spacial score (nSPS) is 23.4. The van der Waals surface area contributed by atoms with Crippen molar-refractivity contribution in [1.29, 1.82) is 0 Å². The van der Waals surface area contributed by atoms with Crippen LogP contribution in [0.5, 0.6) is 0 Å². The van der Waals surface area contributed by atoms with Crippen LogP contribution >= 0.6 is 0 Å². The quantitative estimate of drug-likeness (QED) is 0.716. The Morgan fingerprint density at radius 1 is 1.20 bits per heavy atom. The highest BCUT2D eigenvalue weighted by molar-refractivity contribution is 5.82. The molecule has 2 aliphatic rings. The van der Waals surface area contributed by atoms with Gasteiger partial charge in [-0.3, -0.25) is 14.5 Å². The van der Waals surface area contributed by atoms with E-state index >= 15 is 0 Å². The summed E-state index contributed by atoms with van der Waals surface area (Å²) in [5, 5.41) is 11.0. The van der Waals surface area contributed by atoms with Crippen LogP contribution in [-0.2, 0) is 14.3 Å². The highest BCUT2D eigenvalue weighted by Gasteiger charge is 2.28. The van der Waals surface area contributed by atoms with Crippen LogP contribution in [0.2, 0.25) is 0 Å². The number of hydrogen-bond acceptors (Lipinski definition) is 4. The second-order valence-corrected chi connectivity index (χ2v) is 5.67. The van der Waals surface area contributed by atoms with E-state index in [0.717, 1.165) is 38.8 Å². The van der Waals surface area contributed by atoms with Crippen LogP contribution in [0.1, 0.15) is 38.5 Å². The van der Waals surface area contributed by atoms with E-state index < -0.39 is 5.97 Å². The van der Waals surface area contributed by atoms with Crippen molar-refractivity contribution in [3.8, 4) is 0 Å². The van der Waals surface area contributed by atoms with Crippen LogP contribution in [0.3, 0.4) is 0 Å². The summed E-state index contributed by atoms with van der Waals surface area (Å²) >= 11 is 0. The predicted molar refractivity (Wildman–Crippen MR) is 73.4 cm³/mol. The maximum absolute atomic E-state index is 11.8. The van der Waals surface area contributed by atoms with Gasteiger partial charge in [0.25, 0.3) is 0 Å². The minimum atomic E-state index is -1.01. The average Bonchev–Trinajstić information content (AvgIpc) is 3.08. The number of carboxylic acids is 1. The number of rotatable bonds is 7. The van der Waals surface area contributed by atoms with Crippen LogP contribution in [0, 0.1) is 0 Å². The molecule has 0 radical (unpaired) electrons. The molecule has 1 saturated carbocycles. The fourth-order valence-corrected chi connectivity index (χ4v) is 3.08. The smallest absolute Gasteiger partial charge is 0.322 e. The summed E-state index contributed by atoms with van der Waals surface area (Å²) in [6.45, 7) is 1.56. The van der Waals surface area contributed by atoms with Gasteiger partial charge < -0.3 is 15.2 Å². The van der Waals surface area contributed by atoms with Gasteiger partial charge in [0.1, 0.15) is 6.54 Å². The minimum absolute atomic E-state index is 0.211. The minimum Gasteiger partial charge on any atom is -0.480 e. The Labute approximate surface area is 119 Å². The van der Waals surface area contributed by atoms with Crippen LogP contribution in [0.15, 0.2) is 0 Å². The van der Waals surface area contributed by atoms with E-state index in [1.54, 1.807) is 0 Å². The molecule has 0 aromatic carbocycles. The summed E-state index contributed by atoms with van der Waals surface area (Å²) in [4.78, 5) is 24.5. The topological polar surface area (TPSA) is 78.9 Å². The van der Waals surface area contributed by atoms with E-state index in [9.17, 15) is 9.59 Å². The second-order valence-electron chi connectivity index (χ2n) is 5.67. The zero-order valence-corrected chi connectivity index (χ0v) is 11.8. The number of carboxylic acid groups (broad SMARTS) is 1. The molecule has 0 aromatic heterocycles. The number of amides is 1. The Kier molecular flexibility index (Phi) is 5.79. The van der Waals surface area contributed by atoms with Crippen molar-refractivity contribution < 1.29 is 19.4 Å². The fraction of sp³-hybridized carbons (Fsp3) is 0.857. The van der Waals surface area contributed by atoms with Crippen LogP contribution in [-0.4, -0.2) is 60.3 Å². The number of hydrogen-bond donors (Lipinski definition) is 2. The Hall–Kier alpha value is -1.14. The maximum atomic E-state index is 11.8. The van der Waals surface area contributed by atoms with Gasteiger partial charge in [-0.1, -0.05) is 12.8 Å². The standard InChI is InChI=1S/C14H24N2O4/c17-13(15-8-14(18)19)10-16(11-4-1-2-5-11)9-12-6-3-7-20-12/h11-12H,1-10H2,(H,15,17)(H,18,19). The Morgan fingerprint density at radius 2 is 1.95 bits per heavy atom. The Bertz CT molecular complexity index is 336. The molecule has 0 bridgehead atoms. The van der Waals surface area contributed by atoms with Crippen molar-refractivity contribution in [1.82, 2.24) is 10.2 Å². The number of aliphatic carboxylic acids is 1. The lowest BCUT2D eigenvalue weighted by atomic mass is 10.1. The first-order valence-electron chi connectivity index (χ1n) is 7.49. The average molecular weight is 284 g/mol. The third-order valence-corrected chi connectivity index (χ3v) is 4.09. The van der Waals surface area contributed by atoms with Gasteiger partial charge in [0.15, 0.2) is 0 Å². The highest BCUT2D eigenvalue weighted by Crippen LogP contribution is 2.25. The number of nitrogens with one attached hydrogen (secondary N) is 1. The zero-order valence-electron chi connectivity index (χ0n) is 11.8. The van der Waals surface area contributed by atoms with Crippen LogP contribution < -0.4 is 5.32 Å². The van der Waals surface area contributed by atoms with Gasteiger partial charge in [-0.25, -0.2) is 0 Å². The van der Waals surface area contributed by atoms with Crippen LogP contribution in [0.4, 0.5) is 0 Å². The molecule has 1 saturated heterocycles. The first-order valence-corrected chi connectivity index (χ1v) is 7.49. The molecular formula is C14H24N2O4. The van der Waals surface area contributed by atoms with Gasteiger partial charge in [-0.05, 0) is 25.7 Å². The summed E-state index contributed by atoms with van der Waals surface area (Å²) in [5.74, 6) is -1.22.